The summed E-state index contributed by atoms with van der Waals surface area (Å²) in [6, 6.07) is 6.44. The molecule has 0 aromatic heterocycles. The first-order valence-electron chi connectivity index (χ1n) is 5.32. The first kappa shape index (κ1) is 10.9. The van der Waals surface area contributed by atoms with E-state index in [0.29, 0.717) is 11.5 Å². The Morgan fingerprint density at radius 3 is 2.81 bits per heavy atom. The van der Waals surface area contributed by atoms with Gasteiger partial charge in [0, 0.05) is 19.1 Å². The zero-order valence-corrected chi connectivity index (χ0v) is 9.15. The van der Waals surface area contributed by atoms with Crippen molar-refractivity contribution in [2.24, 2.45) is 11.7 Å². The molecule has 0 spiro atoms. The lowest BCUT2D eigenvalue weighted by Crippen LogP contribution is -2.28. The standard InChI is InChI=1S/C12H14FN3/c1-8-6-16(7-11(8)15)12-3-2-10(13)4-9(12)5-14/h2-4,8,11H,6-7,15H2,1H3. The Kier molecular flexibility index (Phi) is 2.80. The fraction of sp³-hybridized carbons (Fsp3) is 0.417. The van der Waals surface area contributed by atoms with Crippen molar-refractivity contribution in [3.63, 3.8) is 0 Å². The highest BCUT2D eigenvalue weighted by atomic mass is 19.1. The van der Waals surface area contributed by atoms with Gasteiger partial charge in [-0.2, -0.15) is 5.26 Å². The molecule has 1 aliphatic rings. The number of hydrogen-bond acceptors (Lipinski definition) is 3. The predicted octanol–water partition coefficient (Wildman–Crippen LogP) is 1.48. The minimum Gasteiger partial charge on any atom is -0.369 e. The number of halogens is 1. The third-order valence-electron chi connectivity index (χ3n) is 3.09. The lowest BCUT2D eigenvalue weighted by molar-refractivity contribution is 0.566. The quantitative estimate of drug-likeness (QED) is 0.778. The Balaban J connectivity index is 2.32. The fourth-order valence-corrected chi connectivity index (χ4v) is 2.06. The number of anilines is 1. The Labute approximate surface area is 94.3 Å². The summed E-state index contributed by atoms with van der Waals surface area (Å²) >= 11 is 0. The molecular weight excluding hydrogens is 205 g/mol. The molecule has 1 aromatic carbocycles. The van der Waals surface area contributed by atoms with Gasteiger partial charge in [-0.15, -0.1) is 0 Å². The van der Waals surface area contributed by atoms with Crippen LogP contribution >= 0.6 is 0 Å². The van der Waals surface area contributed by atoms with Crippen LogP contribution in [0.3, 0.4) is 0 Å². The fourth-order valence-electron chi connectivity index (χ4n) is 2.06. The molecule has 1 heterocycles. The summed E-state index contributed by atoms with van der Waals surface area (Å²) in [6.07, 6.45) is 0. The van der Waals surface area contributed by atoms with Gasteiger partial charge in [-0.1, -0.05) is 6.92 Å². The average Bonchev–Trinajstić information content (AvgIpc) is 2.59. The molecule has 3 nitrogen and oxygen atoms in total. The monoisotopic (exact) mass is 219 g/mol. The molecule has 1 aromatic rings. The maximum absolute atomic E-state index is 13.0. The summed E-state index contributed by atoms with van der Waals surface area (Å²) in [6.45, 7) is 3.63. The van der Waals surface area contributed by atoms with E-state index in [2.05, 4.69) is 6.92 Å². The minimum absolute atomic E-state index is 0.122. The Bertz CT molecular complexity index is 428. The minimum atomic E-state index is -0.378. The highest BCUT2D eigenvalue weighted by Crippen LogP contribution is 2.26. The van der Waals surface area contributed by atoms with Crippen LogP contribution in [0.2, 0.25) is 0 Å². The summed E-state index contributed by atoms with van der Waals surface area (Å²) in [5.41, 5.74) is 7.09. The highest BCUT2D eigenvalue weighted by Gasteiger charge is 2.27. The number of rotatable bonds is 1. The van der Waals surface area contributed by atoms with E-state index in [1.54, 1.807) is 6.07 Å². The first-order valence-corrected chi connectivity index (χ1v) is 5.32. The van der Waals surface area contributed by atoms with Gasteiger partial charge in [0.1, 0.15) is 11.9 Å². The normalized spacial score (nSPS) is 24.5. The van der Waals surface area contributed by atoms with Crippen molar-refractivity contribution in [2.45, 2.75) is 13.0 Å². The topological polar surface area (TPSA) is 53.0 Å². The second-order valence-electron chi connectivity index (χ2n) is 4.32. The average molecular weight is 219 g/mol. The van der Waals surface area contributed by atoms with Gasteiger partial charge in [0.25, 0.3) is 0 Å². The van der Waals surface area contributed by atoms with Gasteiger partial charge < -0.3 is 10.6 Å². The summed E-state index contributed by atoms with van der Waals surface area (Å²) in [7, 11) is 0. The maximum atomic E-state index is 13.0. The van der Waals surface area contributed by atoms with Gasteiger partial charge >= 0.3 is 0 Å². The summed E-state index contributed by atoms with van der Waals surface area (Å²) in [4.78, 5) is 2.05. The molecule has 2 atom stereocenters. The Hall–Kier alpha value is -1.60. The molecule has 0 amide bonds. The molecule has 0 aliphatic carbocycles. The van der Waals surface area contributed by atoms with Crippen LogP contribution in [-0.2, 0) is 0 Å². The van der Waals surface area contributed by atoms with Crippen molar-refractivity contribution < 1.29 is 4.39 Å². The molecule has 2 rings (SSSR count). The van der Waals surface area contributed by atoms with Crippen molar-refractivity contribution >= 4 is 5.69 Å². The van der Waals surface area contributed by atoms with Crippen molar-refractivity contribution in [2.75, 3.05) is 18.0 Å². The molecule has 0 radical (unpaired) electrons. The third-order valence-corrected chi connectivity index (χ3v) is 3.09. The van der Waals surface area contributed by atoms with Crippen molar-refractivity contribution in [1.82, 2.24) is 0 Å². The lowest BCUT2D eigenvalue weighted by Gasteiger charge is -2.19. The smallest absolute Gasteiger partial charge is 0.124 e. The molecule has 1 fully saturated rings. The lowest BCUT2D eigenvalue weighted by atomic mass is 10.1. The number of nitrogens with two attached hydrogens (primary N) is 1. The van der Waals surface area contributed by atoms with E-state index in [1.807, 2.05) is 11.0 Å². The third kappa shape index (κ3) is 1.86. The van der Waals surface area contributed by atoms with Gasteiger partial charge in [0.15, 0.2) is 0 Å². The van der Waals surface area contributed by atoms with Crippen LogP contribution in [0.15, 0.2) is 18.2 Å². The molecule has 16 heavy (non-hydrogen) atoms. The molecule has 84 valence electrons. The molecule has 2 N–H and O–H groups in total. The summed E-state index contributed by atoms with van der Waals surface area (Å²) < 4.78 is 13.0. The van der Waals surface area contributed by atoms with Crippen LogP contribution in [0, 0.1) is 23.1 Å². The van der Waals surface area contributed by atoms with Gasteiger partial charge in [-0.05, 0) is 24.1 Å². The molecule has 1 aliphatic heterocycles. The molecular formula is C12H14FN3. The zero-order valence-electron chi connectivity index (χ0n) is 9.15. The largest absolute Gasteiger partial charge is 0.369 e. The molecule has 0 bridgehead atoms. The van der Waals surface area contributed by atoms with Crippen LogP contribution in [-0.4, -0.2) is 19.1 Å². The molecule has 1 saturated heterocycles. The highest BCUT2D eigenvalue weighted by molar-refractivity contribution is 5.60. The van der Waals surface area contributed by atoms with Gasteiger partial charge in [0.2, 0.25) is 0 Å². The number of nitrogens with zero attached hydrogens (tertiary/aromatic N) is 2. The van der Waals surface area contributed by atoms with Crippen LogP contribution in [0.1, 0.15) is 12.5 Å². The van der Waals surface area contributed by atoms with Gasteiger partial charge in [0.05, 0.1) is 11.3 Å². The molecule has 2 unspecified atom stereocenters. The maximum Gasteiger partial charge on any atom is 0.124 e. The van der Waals surface area contributed by atoms with E-state index in [9.17, 15) is 4.39 Å². The number of nitriles is 1. The van der Waals surface area contributed by atoms with Crippen molar-refractivity contribution in [1.29, 1.82) is 5.26 Å². The van der Waals surface area contributed by atoms with Crippen LogP contribution in [0.4, 0.5) is 10.1 Å². The molecule has 4 heteroatoms. The predicted molar refractivity (Wildman–Crippen MR) is 60.5 cm³/mol. The Morgan fingerprint density at radius 1 is 1.50 bits per heavy atom. The number of hydrogen-bond donors (Lipinski definition) is 1. The molecule has 0 saturated carbocycles. The zero-order chi connectivity index (χ0) is 11.7. The van der Waals surface area contributed by atoms with Gasteiger partial charge in [-0.3, -0.25) is 0 Å². The van der Waals surface area contributed by atoms with Crippen LogP contribution < -0.4 is 10.6 Å². The van der Waals surface area contributed by atoms with E-state index < -0.39 is 0 Å². The summed E-state index contributed by atoms with van der Waals surface area (Å²) in [5, 5.41) is 8.96. The SMILES string of the molecule is CC1CN(c2ccc(F)cc2C#N)CC1N. The van der Waals surface area contributed by atoms with Crippen molar-refractivity contribution in [3.05, 3.63) is 29.6 Å². The second-order valence-corrected chi connectivity index (χ2v) is 4.32. The van der Waals surface area contributed by atoms with E-state index in [4.69, 9.17) is 11.0 Å². The first-order chi connectivity index (χ1) is 7.61. The van der Waals surface area contributed by atoms with Crippen LogP contribution in [0.25, 0.3) is 0 Å². The Morgan fingerprint density at radius 2 is 2.25 bits per heavy atom. The second kappa shape index (κ2) is 4.11. The number of benzene rings is 1. The van der Waals surface area contributed by atoms with Crippen molar-refractivity contribution in [3.8, 4) is 6.07 Å². The summed E-state index contributed by atoms with van der Waals surface area (Å²) in [5.74, 6) is 0.0217. The van der Waals surface area contributed by atoms with E-state index in [0.717, 1.165) is 18.8 Å². The van der Waals surface area contributed by atoms with Gasteiger partial charge in [-0.25, -0.2) is 4.39 Å². The van der Waals surface area contributed by atoms with E-state index >= 15 is 0 Å². The van der Waals surface area contributed by atoms with Crippen LogP contribution in [0.5, 0.6) is 0 Å². The van der Waals surface area contributed by atoms with E-state index in [1.165, 1.54) is 12.1 Å². The van der Waals surface area contributed by atoms with E-state index in [-0.39, 0.29) is 11.9 Å².